The molecule has 0 spiro atoms. The van der Waals surface area contributed by atoms with E-state index in [0.29, 0.717) is 15.4 Å². The molecule has 5 nitrogen and oxygen atoms in total. The largest absolute Gasteiger partial charge is 0.374 e. The number of hydrogen-bond acceptors (Lipinski definition) is 5. The molecule has 1 N–H and O–H groups in total. The predicted molar refractivity (Wildman–Crippen MR) is 75.2 cm³/mol. The number of halogens is 4. The first-order chi connectivity index (χ1) is 9.40. The maximum absolute atomic E-state index is 13.4. The SMILES string of the molecule is O=[N+]([O-])c1cc(F)c(F)c(Br)c1NCc1cnc(Cl)s1. The number of benzene rings is 1. The summed E-state index contributed by atoms with van der Waals surface area (Å²) in [4.78, 5) is 14.6. The summed E-state index contributed by atoms with van der Waals surface area (Å²) in [5, 5.41) is 13.6. The molecule has 0 aliphatic rings. The maximum Gasteiger partial charge on any atom is 0.296 e. The maximum atomic E-state index is 13.4. The number of nitro groups is 1. The van der Waals surface area contributed by atoms with Gasteiger partial charge in [-0.05, 0) is 15.9 Å². The quantitative estimate of drug-likeness (QED) is 0.483. The molecule has 1 heterocycles. The molecule has 0 saturated carbocycles. The number of rotatable bonds is 4. The van der Waals surface area contributed by atoms with Gasteiger partial charge in [-0.2, -0.15) is 0 Å². The topological polar surface area (TPSA) is 68.1 Å². The van der Waals surface area contributed by atoms with Crippen LogP contribution in [-0.4, -0.2) is 9.91 Å². The summed E-state index contributed by atoms with van der Waals surface area (Å²) in [6, 6.07) is 0.530. The Morgan fingerprint density at radius 2 is 2.25 bits per heavy atom. The highest BCUT2D eigenvalue weighted by atomic mass is 79.9. The lowest BCUT2D eigenvalue weighted by Gasteiger charge is -2.09. The molecule has 106 valence electrons. The molecule has 20 heavy (non-hydrogen) atoms. The number of nitrogens with zero attached hydrogens (tertiary/aromatic N) is 2. The first-order valence-corrected chi connectivity index (χ1v) is 7.05. The van der Waals surface area contributed by atoms with Crippen LogP contribution in [0.5, 0.6) is 0 Å². The van der Waals surface area contributed by atoms with E-state index >= 15 is 0 Å². The molecule has 0 aliphatic carbocycles. The Balaban J connectivity index is 2.34. The monoisotopic (exact) mass is 383 g/mol. The van der Waals surface area contributed by atoms with Gasteiger partial charge in [-0.15, -0.1) is 11.3 Å². The van der Waals surface area contributed by atoms with E-state index in [1.54, 1.807) is 0 Å². The zero-order chi connectivity index (χ0) is 14.9. The number of anilines is 1. The van der Waals surface area contributed by atoms with Crippen molar-refractivity contribution in [2.24, 2.45) is 0 Å². The van der Waals surface area contributed by atoms with Gasteiger partial charge in [-0.1, -0.05) is 11.6 Å². The second-order valence-corrected chi connectivity index (χ2v) is 6.06. The van der Waals surface area contributed by atoms with Crippen molar-refractivity contribution in [1.82, 2.24) is 4.98 Å². The zero-order valence-corrected chi connectivity index (χ0v) is 12.7. The van der Waals surface area contributed by atoms with Gasteiger partial charge in [-0.25, -0.2) is 13.8 Å². The summed E-state index contributed by atoms with van der Waals surface area (Å²) in [6.07, 6.45) is 1.49. The summed E-state index contributed by atoms with van der Waals surface area (Å²) in [5.74, 6) is -2.49. The molecule has 0 aliphatic heterocycles. The van der Waals surface area contributed by atoms with Crippen molar-refractivity contribution in [3.05, 3.63) is 47.8 Å². The van der Waals surface area contributed by atoms with Crippen LogP contribution < -0.4 is 5.32 Å². The van der Waals surface area contributed by atoms with E-state index < -0.39 is 22.2 Å². The molecule has 0 unspecified atom stereocenters. The third kappa shape index (κ3) is 3.05. The fourth-order valence-corrected chi connectivity index (χ4v) is 2.89. The highest BCUT2D eigenvalue weighted by molar-refractivity contribution is 9.10. The van der Waals surface area contributed by atoms with Gasteiger partial charge >= 0.3 is 0 Å². The third-order valence-corrected chi connectivity index (χ3v) is 4.16. The highest BCUT2D eigenvalue weighted by Crippen LogP contribution is 2.36. The molecular formula is C10H5BrClF2N3O2S. The van der Waals surface area contributed by atoms with E-state index in [1.165, 1.54) is 17.5 Å². The molecule has 0 amide bonds. The minimum atomic E-state index is -1.30. The first kappa shape index (κ1) is 15.1. The first-order valence-electron chi connectivity index (χ1n) is 5.06. The summed E-state index contributed by atoms with van der Waals surface area (Å²) < 4.78 is 26.6. The Morgan fingerprint density at radius 3 is 2.80 bits per heavy atom. The van der Waals surface area contributed by atoms with Gasteiger partial charge in [0.05, 0.1) is 22.0 Å². The van der Waals surface area contributed by atoms with Crippen molar-refractivity contribution in [1.29, 1.82) is 0 Å². The van der Waals surface area contributed by atoms with E-state index in [9.17, 15) is 18.9 Å². The average molecular weight is 385 g/mol. The Bertz CT molecular complexity index is 683. The molecular weight excluding hydrogens is 380 g/mol. The van der Waals surface area contributed by atoms with E-state index in [-0.39, 0.29) is 16.7 Å². The Kier molecular flexibility index (Phi) is 4.51. The van der Waals surface area contributed by atoms with Crippen LogP contribution in [0, 0.1) is 21.7 Å². The van der Waals surface area contributed by atoms with E-state index in [2.05, 4.69) is 26.2 Å². The summed E-state index contributed by atoms with van der Waals surface area (Å²) in [7, 11) is 0. The molecule has 0 atom stereocenters. The Hall–Kier alpha value is -1.32. The standard InChI is InChI=1S/C10H5BrClF2N3O2S/c11-7-8(14)5(13)1-6(17(18)19)9(7)15-2-4-3-16-10(12)20-4/h1,3,15H,2H2. The molecule has 0 bridgehead atoms. The van der Waals surface area contributed by atoms with Crippen molar-refractivity contribution in [3.63, 3.8) is 0 Å². The van der Waals surface area contributed by atoms with Gasteiger partial charge in [0.15, 0.2) is 16.1 Å². The molecule has 2 rings (SSSR count). The number of thiazole rings is 1. The lowest BCUT2D eigenvalue weighted by atomic mass is 10.2. The van der Waals surface area contributed by atoms with Crippen molar-refractivity contribution in [2.75, 3.05) is 5.32 Å². The molecule has 2 aromatic rings. The molecule has 1 aromatic carbocycles. The van der Waals surface area contributed by atoms with Crippen LogP contribution in [-0.2, 0) is 6.54 Å². The normalized spacial score (nSPS) is 10.6. The lowest BCUT2D eigenvalue weighted by Crippen LogP contribution is -2.05. The van der Waals surface area contributed by atoms with Gasteiger partial charge in [0.1, 0.15) is 5.69 Å². The molecule has 10 heteroatoms. The third-order valence-electron chi connectivity index (χ3n) is 2.30. The lowest BCUT2D eigenvalue weighted by molar-refractivity contribution is -0.384. The predicted octanol–water partition coefficient (Wildman–Crippen LogP) is 4.36. The summed E-state index contributed by atoms with van der Waals surface area (Å²) >= 11 is 9.64. The van der Waals surface area contributed by atoms with Crippen molar-refractivity contribution < 1.29 is 13.7 Å². The average Bonchev–Trinajstić information content (AvgIpc) is 2.80. The van der Waals surface area contributed by atoms with Crippen molar-refractivity contribution in [2.45, 2.75) is 6.54 Å². The molecule has 0 saturated heterocycles. The van der Waals surface area contributed by atoms with E-state index in [1.807, 2.05) is 0 Å². The summed E-state index contributed by atoms with van der Waals surface area (Å²) in [5.41, 5.74) is -0.704. The second kappa shape index (κ2) is 5.98. The Morgan fingerprint density at radius 1 is 1.55 bits per heavy atom. The fraction of sp³-hybridized carbons (Fsp3) is 0.100. The second-order valence-electron chi connectivity index (χ2n) is 3.57. The number of hydrogen-bond donors (Lipinski definition) is 1. The van der Waals surface area contributed by atoms with Gasteiger partial charge in [0, 0.05) is 11.1 Å². The van der Waals surface area contributed by atoms with Crippen molar-refractivity contribution >= 4 is 50.2 Å². The fourth-order valence-electron chi connectivity index (χ4n) is 1.44. The summed E-state index contributed by atoms with van der Waals surface area (Å²) in [6.45, 7) is 0.148. The van der Waals surface area contributed by atoms with Crippen LogP contribution >= 0.6 is 38.9 Å². The van der Waals surface area contributed by atoms with Gasteiger partial charge in [0.25, 0.3) is 5.69 Å². The van der Waals surface area contributed by atoms with Crippen LogP contribution in [0.4, 0.5) is 20.2 Å². The van der Waals surface area contributed by atoms with E-state index in [4.69, 9.17) is 11.6 Å². The molecule has 1 aromatic heterocycles. The van der Waals surface area contributed by atoms with Gasteiger partial charge < -0.3 is 5.32 Å². The molecule has 0 fully saturated rings. The van der Waals surface area contributed by atoms with Crippen LogP contribution in [0.15, 0.2) is 16.7 Å². The van der Waals surface area contributed by atoms with Crippen molar-refractivity contribution in [3.8, 4) is 0 Å². The van der Waals surface area contributed by atoms with Crippen LogP contribution in [0.25, 0.3) is 0 Å². The number of aromatic nitrogens is 1. The number of nitrogens with one attached hydrogen (secondary N) is 1. The smallest absolute Gasteiger partial charge is 0.296 e. The van der Waals surface area contributed by atoms with Gasteiger partial charge in [-0.3, -0.25) is 10.1 Å². The molecule has 0 radical (unpaired) electrons. The minimum Gasteiger partial charge on any atom is -0.374 e. The highest BCUT2D eigenvalue weighted by Gasteiger charge is 2.24. The van der Waals surface area contributed by atoms with Crippen LogP contribution in [0.2, 0.25) is 4.47 Å². The van der Waals surface area contributed by atoms with Crippen LogP contribution in [0.1, 0.15) is 4.88 Å². The zero-order valence-electron chi connectivity index (χ0n) is 9.49. The van der Waals surface area contributed by atoms with E-state index in [0.717, 1.165) is 0 Å². The van der Waals surface area contributed by atoms with Crippen LogP contribution in [0.3, 0.4) is 0 Å². The van der Waals surface area contributed by atoms with Gasteiger partial charge in [0.2, 0.25) is 0 Å². The Labute approximate surface area is 128 Å². The minimum absolute atomic E-state index is 0.140. The number of nitro benzene ring substituents is 1.